The zero-order valence-corrected chi connectivity index (χ0v) is 21.2. The zero-order chi connectivity index (χ0) is 26.3. The highest BCUT2D eigenvalue weighted by Crippen LogP contribution is 2.52. The number of fused-ring (bicyclic) bond motifs is 3. The molecule has 1 saturated heterocycles. The third-order valence-electron chi connectivity index (χ3n) is 7.32. The number of hydrogen-bond acceptors (Lipinski definition) is 9. The summed E-state index contributed by atoms with van der Waals surface area (Å²) in [5.41, 5.74) is 1.71. The zero-order valence-electron chi connectivity index (χ0n) is 20.4. The van der Waals surface area contributed by atoms with E-state index in [-0.39, 0.29) is 23.3 Å². The Balaban J connectivity index is 1.46. The summed E-state index contributed by atoms with van der Waals surface area (Å²) < 4.78 is 12.7. The van der Waals surface area contributed by atoms with Gasteiger partial charge in [-0.15, -0.1) is 11.3 Å². The molecule has 5 atom stereocenters. The maximum Gasteiger partial charge on any atom is 0.358 e. The minimum Gasteiger partial charge on any atom is -0.417 e. The Morgan fingerprint density at radius 1 is 1.24 bits per heavy atom. The van der Waals surface area contributed by atoms with Gasteiger partial charge in [0.15, 0.2) is 5.78 Å². The van der Waals surface area contributed by atoms with Crippen LogP contribution >= 0.6 is 11.3 Å². The lowest BCUT2D eigenvalue weighted by Crippen LogP contribution is -2.63. The predicted octanol–water partition coefficient (Wildman–Crippen LogP) is 2.89. The number of thiazole rings is 1. The number of ketones is 1. The second kappa shape index (κ2) is 8.09. The van der Waals surface area contributed by atoms with E-state index < -0.39 is 36.3 Å². The molecule has 1 aromatic carbocycles. The summed E-state index contributed by atoms with van der Waals surface area (Å²) in [5.74, 6) is -2.31. The van der Waals surface area contributed by atoms with Crippen LogP contribution in [0.5, 0.6) is 0 Å². The van der Waals surface area contributed by atoms with E-state index in [1.807, 2.05) is 6.92 Å². The van der Waals surface area contributed by atoms with Crippen LogP contribution < -0.4 is 0 Å². The van der Waals surface area contributed by atoms with Crippen molar-refractivity contribution in [2.75, 3.05) is 0 Å². The van der Waals surface area contributed by atoms with Gasteiger partial charge >= 0.3 is 11.9 Å². The van der Waals surface area contributed by atoms with Gasteiger partial charge in [0.05, 0.1) is 28.5 Å². The first-order valence-corrected chi connectivity index (χ1v) is 12.7. The number of aliphatic hydroxyl groups excluding tert-OH is 1. The van der Waals surface area contributed by atoms with E-state index >= 15 is 0 Å². The number of aromatic nitrogens is 2. The largest absolute Gasteiger partial charge is 0.417 e. The number of β-lactam (4-membered cyclic amide) rings is 1. The molecule has 0 bridgehead atoms. The number of Topliss-reactive ketones (excluding diaryl/α,β-unsaturated/α-hetero) is 1. The summed E-state index contributed by atoms with van der Waals surface area (Å²) in [7, 11) is 0. The van der Waals surface area contributed by atoms with E-state index in [1.54, 1.807) is 48.7 Å². The molecule has 0 radical (unpaired) electrons. The van der Waals surface area contributed by atoms with E-state index in [2.05, 4.69) is 4.98 Å². The fourth-order valence-electron chi connectivity index (χ4n) is 5.61. The lowest BCUT2D eigenvalue weighted by molar-refractivity contribution is -0.173. The van der Waals surface area contributed by atoms with Gasteiger partial charge in [0, 0.05) is 30.2 Å². The first-order chi connectivity index (χ1) is 17.6. The Morgan fingerprint density at radius 2 is 1.97 bits per heavy atom. The molecule has 0 spiro atoms. The number of hydrogen-bond donors (Lipinski definition) is 1. The van der Waals surface area contributed by atoms with Gasteiger partial charge in [-0.25, -0.2) is 14.6 Å². The minimum absolute atomic E-state index is 0.0549. The Hall–Kier alpha value is -3.83. The smallest absolute Gasteiger partial charge is 0.358 e. The van der Waals surface area contributed by atoms with Crippen LogP contribution in [0, 0.1) is 18.8 Å². The molecule has 0 saturated carbocycles. The number of ether oxygens (including phenoxy) is 2. The number of benzene rings is 1. The lowest BCUT2D eigenvalue weighted by Gasteiger charge is -2.46. The molecule has 10 nitrogen and oxygen atoms in total. The van der Waals surface area contributed by atoms with E-state index in [1.165, 1.54) is 23.2 Å². The molecule has 6 rings (SSSR count). The predicted molar refractivity (Wildman–Crippen MR) is 130 cm³/mol. The highest BCUT2D eigenvalue weighted by molar-refractivity contribution is 7.18. The second-order valence-corrected chi connectivity index (χ2v) is 10.6. The number of carbonyl (C=O) groups is 4. The first kappa shape index (κ1) is 23.6. The second-order valence-electron chi connectivity index (χ2n) is 9.58. The lowest BCUT2D eigenvalue weighted by atomic mass is 9.77. The Kier molecular flexibility index (Phi) is 5.15. The van der Waals surface area contributed by atoms with Crippen molar-refractivity contribution in [3.63, 3.8) is 0 Å². The summed E-state index contributed by atoms with van der Waals surface area (Å²) in [5, 5.41) is 10.3. The number of nitrogens with zero attached hydrogens (tertiary/aromatic N) is 3. The number of aryl methyl sites for hydroxylation is 1. The molecule has 5 heterocycles. The van der Waals surface area contributed by atoms with Gasteiger partial charge in [0.1, 0.15) is 22.0 Å². The van der Waals surface area contributed by atoms with Crippen molar-refractivity contribution in [1.29, 1.82) is 0 Å². The van der Waals surface area contributed by atoms with Gasteiger partial charge in [-0.3, -0.25) is 14.0 Å². The Morgan fingerprint density at radius 3 is 2.68 bits per heavy atom. The van der Waals surface area contributed by atoms with Crippen LogP contribution in [-0.2, 0) is 19.1 Å². The average Bonchev–Trinajstić information content (AvgIpc) is 3.55. The Bertz CT molecular complexity index is 1570. The van der Waals surface area contributed by atoms with Crippen LogP contribution in [0.15, 0.2) is 36.2 Å². The maximum atomic E-state index is 13.7. The molecule has 11 heteroatoms. The molecule has 1 fully saturated rings. The van der Waals surface area contributed by atoms with Crippen molar-refractivity contribution in [3.05, 3.63) is 63.7 Å². The summed E-state index contributed by atoms with van der Waals surface area (Å²) in [6, 6.07) is 6.20. The number of esters is 2. The molecule has 0 aliphatic carbocycles. The molecular formula is C26H23N3O7S. The van der Waals surface area contributed by atoms with Crippen molar-refractivity contribution in [2.24, 2.45) is 11.8 Å². The molecule has 2 aromatic heterocycles. The molecule has 37 heavy (non-hydrogen) atoms. The number of carbonyl (C=O) groups excluding carboxylic acids is 4. The number of amides is 1. The van der Waals surface area contributed by atoms with Crippen molar-refractivity contribution >= 4 is 45.4 Å². The van der Waals surface area contributed by atoms with Crippen molar-refractivity contribution < 1.29 is 33.8 Å². The monoisotopic (exact) mass is 521 g/mol. The molecule has 1 amide bonds. The normalized spacial score (nSPS) is 25.2. The standard InChI is InChI=1S/C26H23N3O7S/c1-10-17(16-9-28-13(4)27-19(12(3)31)23(28)37-16)21(29-20(10)18(11(2)30)22(29)32)25(34)36-26-15-8-6-5-7-14(15)24(33)35-26/h5-11,18,20,26,30H,1-4H3/t10?,11-,18-,20+,26?/m1/s1. The van der Waals surface area contributed by atoms with Crippen LogP contribution in [-0.4, -0.2) is 55.2 Å². The van der Waals surface area contributed by atoms with Crippen LogP contribution in [0.2, 0.25) is 0 Å². The summed E-state index contributed by atoms with van der Waals surface area (Å²) in [4.78, 5) is 58.2. The quantitative estimate of drug-likeness (QED) is 0.308. The fourth-order valence-corrected chi connectivity index (χ4v) is 6.94. The van der Waals surface area contributed by atoms with Gasteiger partial charge in [0.2, 0.25) is 5.91 Å². The van der Waals surface area contributed by atoms with Crippen LogP contribution in [0.3, 0.4) is 0 Å². The van der Waals surface area contributed by atoms with Crippen LogP contribution in [0.25, 0.3) is 10.4 Å². The number of cyclic esters (lactones) is 1. The molecule has 3 aliphatic heterocycles. The molecular weight excluding hydrogens is 498 g/mol. The number of rotatable bonds is 5. The molecule has 190 valence electrons. The summed E-state index contributed by atoms with van der Waals surface area (Å²) >= 11 is 1.30. The van der Waals surface area contributed by atoms with Gasteiger partial charge < -0.3 is 19.5 Å². The van der Waals surface area contributed by atoms with Crippen molar-refractivity contribution in [2.45, 2.75) is 46.1 Å². The van der Waals surface area contributed by atoms with Gasteiger partial charge in [0.25, 0.3) is 6.29 Å². The summed E-state index contributed by atoms with van der Waals surface area (Å²) in [6.07, 6.45) is -0.338. The number of aliphatic hydroxyl groups is 1. The van der Waals surface area contributed by atoms with Gasteiger partial charge in [-0.2, -0.15) is 0 Å². The number of imidazole rings is 1. The molecule has 3 aromatic rings. The molecule has 3 aliphatic rings. The van der Waals surface area contributed by atoms with E-state index in [0.717, 1.165) is 0 Å². The summed E-state index contributed by atoms with van der Waals surface area (Å²) in [6.45, 7) is 6.68. The van der Waals surface area contributed by atoms with E-state index in [4.69, 9.17) is 9.47 Å². The van der Waals surface area contributed by atoms with E-state index in [9.17, 15) is 24.3 Å². The Labute approximate surface area is 215 Å². The molecule has 1 N–H and O–H groups in total. The third kappa shape index (κ3) is 3.23. The average molecular weight is 522 g/mol. The van der Waals surface area contributed by atoms with Gasteiger partial charge in [-0.05, 0) is 19.9 Å². The van der Waals surface area contributed by atoms with Crippen LogP contribution in [0.1, 0.15) is 64.2 Å². The van der Waals surface area contributed by atoms with E-state index in [0.29, 0.717) is 37.9 Å². The SMILES string of the molecule is CC(=O)c1nc(C)n2cc(C3=C(C(=O)OC4OC(=O)c5ccccc54)N4C(=O)[C@H]([C@@H](C)O)[C@@H]4C3C)sc12. The fraction of sp³-hybridized carbons (Fsp3) is 0.346. The highest BCUT2D eigenvalue weighted by Gasteiger charge is 2.60. The minimum atomic E-state index is -1.24. The topological polar surface area (TPSA) is 128 Å². The third-order valence-corrected chi connectivity index (χ3v) is 8.45. The first-order valence-electron chi connectivity index (χ1n) is 11.9. The highest BCUT2D eigenvalue weighted by atomic mass is 32.1. The van der Waals surface area contributed by atoms with Crippen molar-refractivity contribution in [1.82, 2.24) is 14.3 Å². The molecule has 2 unspecified atom stereocenters. The van der Waals surface area contributed by atoms with Crippen molar-refractivity contribution in [3.8, 4) is 0 Å². The maximum absolute atomic E-state index is 13.7. The van der Waals surface area contributed by atoms with Crippen LogP contribution in [0.4, 0.5) is 0 Å². The van der Waals surface area contributed by atoms with Gasteiger partial charge in [-0.1, -0.05) is 25.1 Å².